The molecule has 1 aliphatic carbocycles. The van der Waals surface area contributed by atoms with Crippen LogP contribution in [-0.4, -0.2) is 16.2 Å². The van der Waals surface area contributed by atoms with E-state index in [1.165, 1.54) is 11.1 Å². The first kappa shape index (κ1) is 13.6. The molecular formula is C15H18N4O2. The van der Waals surface area contributed by atoms with Crippen LogP contribution >= 0.6 is 0 Å². The van der Waals surface area contributed by atoms with Gasteiger partial charge in [0.25, 0.3) is 0 Å². The molecule has 1 aromatic carbocycles. The van der Waals surface area contributed by atoms with Crippen molar-refractivity contribution in [1.29, 1.82) is 0 Å². The molecule has 6 heteroatoms. The minimum atomic E-state index is -0.381. The molecule has 21 heavy (non-hydrogen) atoms. The second kappa shape index (κ2) is 5.20. The van der Waals surface area contributed by atoms with Gasteiger partial charge in [-0.05, 0) is 44.2 Å². The Morgan fingerprint density at radius 3 is 2.95 bits per heavy atom. The number of amides is 2. The molecule has 3 rings (SSSR count). The molecule has 1 unspecified atom stereocenters. The summed E-state index contributed by atoms with van der Waals surface area (Å²) in [4.78, 5) is 16.1. The van der Waals surface area contributed by atoms with Gasteiger partial charge in [-0.3, -0.25) is 5.32 Å². The van der Waals surface area contributed by atoms with E-state index in [9.17, 15) is 4.79 Å². The summed E-state index contributed by atoms with van der Waals surface area (Å²) in [5.74, 6) is 0.486. The molecule has 0 saturated heterocycles. The van der Waals surface area contributed by atoms with Gasteiger partial charge in [-0.25, -0.2) is 4.79 Å². The minimum absolute atomic E-state index is 0.109. The minimum Gasteiger partial charge on any atom is -0.329 e. The standard InChI is InChI=1S/C15H18N4O2/c1-10-16-14(21-19-10)17-13(20)18-15(2)9-5-7-11-6-3-4-8-12(11)15/h3-4,6,8H,5,7,9H2,1-2H3,(H2,16,17,18,19,20). The van der Waals surface area contributed by atoms with Crippen molar-refractivity contribution in [1.82, 2.24) is 15.5 Å². The zero-order valence-corrected chi connectivity index (χ0v) is 12.1. The first-order chi connectivity index (χ1) is 10.1. The number of carbonyl (C=O) groups is 1. The molecule has 0 spiro atoms. The van der Waals surface area contributed by atoms with Gasteiger partial charge in [0.1, 0.15) is 0 Å². The highest BCUT2D eigenvalue weighted by molar-refractivity contribution is 5.87. The third-order valence-electron chi connectivity index (χ3n) is 3.87. The number of urea groups is 1. The van der Waals surface area contributed by atoms with Crippen LogP contribution in [0, 0.1) is 6.92 Å². The van der Waals surface area contributed by atoms with Gasteiger partial charge in [0.05, 0.1) is 5.54 Å². The summed E-state index contributed by atoms with van der Waals surface area (Å²) in [6.45, 7) is 3.74. The van der Waals surface area contributed by atoms with Gasteiger partial charge in [0.15, 0.2) is 5.82 Å². The number of rotatable bonds is 2. The zero-order chi connectivity index (χ0) is 14.9. The fraction of sp³-hybridized carbons (Fsp3) is 0.400. The molecule has 0 aliphatic heterocycles. The lowest BCUT2D eigenvalue weighted by Crippen LogP contribution is -2.47. The topological polar surface area (TPSA) is 80.0 Å². The summed E-state index contributed by atoms with van der Waals surface area (Å²) in [5, 5.41) is 9.25. The van der Waals surface area contributed by atoms with Crippen molar-refractivity contribution in [2.75, 3.05) is 5.32 Å². The number of hydrogen-bond acceptors (Lipinski definition) is 4. The van der Waals surface area contributed by atoms with Crippen LogP contribution in [-0.2, 0) is 12.0 Å². The van der Waals surface area contributed by atoms with E-state index in [4.69, 9.17) is 4.52 Å². The number of fused-ring (bicyclic) bond motifs is 1. The molecule has 2 amide bonds. The van der Waals surface area contributed by atoms with Crippen LogP contribution in [0.5, 0.6) is 0 Å². The average molecular weight is 286 g/mol. The maximum atomic E-state index is 12.2. The van der Waals surface area contributed by atoms with Crippen molar-refractivity contribution in [3.8, 4) is 0 Å². The van der Waals surface area contributed by atoms with Crippen molar-refractivity contribution >= 4 is 12.0 Å². The second-order valence-electron chi connectivity index (χ2n) is 5.57. The van der Waals surface area contributed by atoms with E-state index in [1.54, 1.807) is 6.92 Å². The number of benzene rings is 1. The van der Waals surface area contributed by atoms with Crippen LogP contribution in [0.1, 0.15) is 36.7 Å². The molecule has 1 aliphatic rings. The fourth-order valence-electron chi connectivity index (χ4n) is 2.90. The van der Waals surface area contributed by atoms with Crippen molar-refractivity contribution in [3.05, 3.63) is 41.2 Å². The Morgan fingerprint density at radius 1 is 1.38 bits per heavy atom. The molecule has 0 radical (unpaired) electrons. The van der Waals surface area contributed by atoms with Gasteiger partial charge in [-0.15, -0.1) is 0 Å². The lowest BCUT2D eigenvalue weighted by Gasteiger charge is -2.36. The van der Waals surface area contributed by atoms with Crippen LogP contribution in [0.4, 0.5) is 10.8 Å². The molecule has 0 fully saturated rings. The maximum Gasteiger partial charge on any atom is 0.329 e. The summed E-state index contributed by atoms with van der Waals surface area (Å²) in [6.07, 6.45) is 3.01. The fourth-order valence-corrected chi connectivity index (χ4v) is 2.90. The number of hydrogen-bond donors (Lipinski definition) is 2. The van der Waals surface area contributed by atoms with Gasteiger partial charge in [0.2, 0.25) is 0 Å². The average Bonchev–Trinajstić information content (AvgIpc) is 2.84. The predicted octanol–water partition coefficient (Wildman–Crippen LogP) is 2.75. The van der Waals surface area contributed by atoms with Gasteiger partial charge in [0, 0.05) is 0 Å². The summed E-state index contributed by atoms with van der Waals surface area (Å²) in [7, 11) is 0. The third-order valence-corrected chi connectivity index (χ3v) is 3.87. The number of carbonyl (C=O) groups excluding carboxylic acids is 1. The molecule has 2 N–H and O–H groups in total. The Balaban J connectivity index is 1.76. The Hall–Kier alpha value is -2.37. The van der Waals surface area contributed by atoms with Gasteiger partial charge in [-0.2, -0.15) is 4.98 Å². The molecule has 110 valence electrons. The predicted molar refractivity (Wildman–Crippen MR) is 77.9 cm³/mol. The van der Waals surface area contributed by atoms with E-state index < -0.39 is 0 Å². The van der Waals surface area contributed by atoms with Crippen molar-refractivity contribution < 1.29 is 9.32 Å². The SMILES string of the molecule is Cc1noc(NC(=O)NC2(C)CCCc3ccccc32)n1. The smallest absolute Gasteiger partial charge is 0.329 e. The highest BCUT2D eigenvalue weighted by Gasteiger charge is 2.33. The number of nitrogens with one attached hydrogen (secondary N) is 2. The highest BCUT2D eigenvalue weighted by Crippen LogP contribution is 2.34. The first-order valence-corrected chi connectivity index (χ1v) is 7.05. The monoisotopic (exact) mass is 286 g/mol. The van der Waals surface area contributed by atoms with E-state index in [-0.39, 0.29) is 17.6 Å². The largest absolute Gasteiger partial charge is 0.329 e. The lowest BCUT2D eigenvalue weighted by molar-refractivity contribution is 0.232. The number of nitrogens with zero attached hydrogens (tertiary/aromatic N) is 2. The van der Waals surface area contributed by atoms with Crippen molar-refractivity contribution in [3.63, 3.8) is 0 Å². The van der Waals surface area contributed by atoms with Crippen LogP contribution < -0.4 is 10.6 Å². The third kappa shape index (κ3) is 2.74. The molecule has 1 atom stereocenters. The molecule has 0 bridgehead atoms. The van der Waals surface area contributed by atoms with Crippen LogP contribution in [0.15, 0.2) is 28.8 Å². The van der Waals surface area contributed by atoms with E-state index in [0.29, 0.717) is 5.82 Å². The van der Waals surface area contributed by atoms with E-state index in [0.717, 1.165) is 19.3 Å². The zero-order valence-electron chi connectivity index (χ0n) is 12.1. The van der Waals surface area contributed by atoms with Crippen molar-refractivity contribution in [2.45, 2.75) is 38.6 Å². The summed E-state index contributed by atoms with van der Waals surface area (Å²) >= 11 is 0. The lowest BCUT2D eigenvalue weighted by atomic mass is 9.78. The number of anilines is 1. The van der Waals surface area contributed by atoms with Crippen LogP contribution in [0.2, 0.25) is 0 Å². The molecule has 2 aromatic rings. The molecule has 0 saturated carbocycles. The Morgan fingerprint density at radius 2 is 2.19 bits per heavy atom. The Bertz CT molecular complexity index is 667. The summed E-state index contributed by atoms with van der Waals surface area (Å²) in [5.41, 5.74) is 2.09. The summed E-state index contributed by atoms with van der Waals surface area (Å²) < 4.78 is 4.89. The highest BCUT2D eigenvalue weighted by atomic mass is 16.5. The van der Waals surface area contributed by atoms with Gasteiger partial charge >= 0.3 is 12.0 Å². The van der Waals surface area contributed by atoms with E-state index in [2.05, 4.69) is 32.9 Å². The van der Waals surface area contributed by atoms with Crippen molar-refractivity contribution in [2.24, 2.45) is 0 Å². The molecular weight excluding hydrogens is 268 g/mol. The normalized spacial score (nSPS) is 20.7. The van der Waals surface area contributed by atoms with Gasteiger partial charge in [-0.1, -0.05) is 29.4 Å². The summed E-state index contributed by atoms with van der Waals surface area (Å²) in [6, 6.07) is 8.00. The maximum absolute atomic E-state index is 12.2. The molecule has 1 heterocycles. The molecule has 6 nitrogen and oxygen atoms in total. The van der Waals surface area contributed by atoms with Gasteiger partial charge < -0.3 is 9.84 Å². The quantitative estimate of drug-likeness (QED) is 0.889. The molecule has 1 aromatic heterocycles. The van der Waals surface area contributed by atoms with E-state index in [1.807, 2.05) is 19.1 Å². The first-order valence-electron chi connectivity index (χ1n) is 7.05. The number of aromatic nitrogens is 2. The van der Waals surface area contributed by atoms with Crippen LogP contribution in [0.25, 0.3) is 0 Å². The second-order valence-corrected chi connectivity index (χ2v) is 5.57. The van der Waals surface area contributed by atoms with E-state index >= 15 is 0 Å². The van der Waals surface area contributed by atoms with Crippen LogP contribution in [0.3, 0.4) is 0 Å². The Kier molecular flexibility index (Phi) is 3.37. The number of aryl methyl sites for hydroxylation is 2. The Labute approximate surface area is 122 Å².